The van der Waals surface area contributed by atoms with Crippen LogP contribution in [0.15, 0.2) is 12.1 Å². The summed E-state index contributed by atoms with van der Waals surface area (Å²) in [4.78, 5) is 18.8. The Kier molecular flexibility index (Phi) is 4.15. The summed E-state index contributed by atoms with van der Waals surface area (Å²) in [5.41, 5.74) is 4.85. The molecule has 0 aliphatic heterocycles. The van der Waals surface area contributed by atoms with Gasteiger partial charge in [0.1, 0.15) is 5.82 Å². The van der Waals surface area contributed by atoms with Crippen LogP contribution in [0, 0.1) is 18.2 Å². The second-order valence-electron chi connectivity index (χ2n) is 4.05. The summed E-state index contributed by atoms with van der Waals surface area (Å²) < 4.78 is 19.2. The molecule has 0 saturated carbocycles. The number of anilines is 1. The maximum atomic E-state index is 14.3. The summed E-state index contributed by atoms with van der Waals surface area (Å²) in [6.45, 7) is 0. The van der Waals surface area contributed by atoms with Crippen LogP contribution in [0.4, 0.5) is 10.2 Å². The molecule has 0 fully saturated rings. The van der Waals surface area contributed by atoms with Crippen molar-refractivity contribution in [3.05, 3.63) is 34.2 Å². The lowest BCUT2D eigenvalue weighted by Gasteiger charge is -2.10. The number of aromatic carboxylic acids is 1. The summed E-state index contributed by atoms with van der Waals surface area (Å²) in [7, 11) is 1.24. The first-order valence-corrected chi connectivity index (χ1v) is 6.18. The number of carboxylic acids is 1. The first-order chi connectivity index (χ1) is 10.4. The van der Waals surface area contributed by atoms with Crippen molar-refractivity contribution in [2.75, 3.05) is 12.8 Å². The van der Waals surface area contributed by atoms with E-state index in [0.29, 0.717) is 0 Å². The molecule has 0 saturated heterocycles. The number of carbonyl (C=O) groups is 1. The van der Waals surface area contributed by atoms with Crippen molar-refractivity contribution in [1.82, 2.24) is 9.97 Å². The Morgan fingerprint density at radius 2 is 2.18 bits per heavy atom. The maximum absolute atomic E-state index is 14.3. The second kappa shape index (κ2) is 5.87. The van der Waals surface area contributed by atoms with Gasteiger partial charge in [-0.2, -0.15) is 0 Å². The van der Waals surface area contributed by atoms with Crippen molar-refractivity contribution in [3.63, 3.8) is 0 Å². The van der Waals surface area contributed by atoms with Crippen molar-refractivity contribution < 1.29 is 19.0 Å². The quantitative estimate of drug-likeness (QED) is 0.841. The molecule has 22 heavy (non-hydrogen) atoms. The zero-order chi connectivity index (χ0) is 16.4. The van der Waals surface area contributed by atoms with Crippen LogP contribution in [-0.2, 0) is 0 Å². The molecule has 6 nitrogen and oxygen atoms in total. The number of benzene rings is 1. The van der Waals surface area contributed by atoms with Crippen molar-refractivity contribution >= 4 is 23.4 Å². The number of halogens is 2. The zero-order valence-electron chi connectivity index (χ0n) is 11.2. The summed E-state index contributed by atoms with van der Waals surface area (Å²) >= 11 is 5.80. The van der Waals surface area contributed by atoms with Crippen molar-refractivity contribution in [3.8, 4) is 29.5 Å². The third-order valence-corrected chi connectivity index (χ3v) is 3.08. The molecule has 0 atom stereocenters. The molecule has 0 bridgehead atoms. The highest BCUT2D eigenvalue weighted by atomic mass is 35.5. The number of methoxy groups -OCH3 is 1. The molecule has 8 heteroatoms. The van der Waals surface area contributed by atoms with Gasteiger partial charge in [-0.15, -0.1) is 6.42 Å². The van der Waals surface area contributed by atoms with Gasteiger partial charge in [-0.25, -0.2) is 19.2 Å². The van der Waals surface area contributed by atoms with E-state index >= 15 is 0 Å². The Morgan fingerprint density at radius 3 is 2.73 bits per heavy atom. The lowest BCUT2D eigenvalue weighted by molar-refractivity contribution is 0.0690. The highest BCUT2D eigenvalue weighted by Crippen LogP contribution is 2.34. The average molecular weight is 322 g/mol. The third-order valence-electron chi connectivity index (χ3n) is 2.78. The Bertz CT molecular complexity index is 818. The van der Waals surface area contributed by atoms with Gasteiger partial charge in [-0.05, 0) is 12.1 Å². The number of rotatable bonds is 3. The van der Waals surface area contributed by atoms with Crippen LogP contribution in [0.1, 0.15) is 16.1 Å². The van der Waals surface area contributed by atoms with Gasteiger partial charge in [0.25, 0.3) is 0 Å². The number of carboxylic acid groups (broad SMARTS) is 1. The highest BCUT2D eigenvalue weighted by Gasteiger charge is 2.21. The predicted octanol–water partition coefficient (Wildman–Crippen LogP) is 2.21. The van der Waals surface area contributed by atoms with Crippen LogP contribution in [0.2, 0.25) is 5.02 Å². The smallest absolute Gasteiger partial charge is 0.356 e. The van der Waals surface area contributed by atoms with Gasteiger partial charge in [0, 0.05) is 0 Å². The SMILES string of the molecule is C#Cc1c(N)nc(-c2ccc(Cl)c(OC)c2F)nc1C(=O)O. The van der Waals surface area contributed by atoms with Gasteiger partial charge in [0.05, 0.1) is 23.3 Å². The van der Waals surface area contributed by atoms with Gasteiger partial charge in [0.15, 0.2) is 23.1 Å². The van der Waals surface area contributed by atoms with E-state index in [4.69, 9.17) is 33.6 Å². The number of nitrogen functional groups attached to an aromatic ring is 1. The number of nitrogens with two attached hydrogens (primary N) is 1. The Balaban J connectivity index is 2.75. The van der Waals surface area contributed by atoms with Crippen LogP contribution in [-0.4, -0.2) is 28.2 Å². The molecule has 0 radical (unpaired) electrons. The fourth-order valence-electron chi connectivity index (χ4n) is 1.79. The molecule has 1 heterocycles. The third kappa shape index (κ3) is 2.52. The predicted molar refractivity (Wildman–Crippen MR) is 78.3 cm³/mol. The minimum Gasteiger partial charge on any atom is -0.492 e. The number of hydrogen-bond acceptors (Lipinski definition) is 5. The standard InChI is InChI=1S/C14H9ClFN3O3/c1-3-6-10(14(20)21)18-13(19-12(6)17)7-4-5-8(15)11(22-2)9(7)16/h1,4-5H,2H3,(H,20,21)(H2,17,18,19). The molecular weight excluding hydrogens is 313 g/mol. The molecule has 112 valence electrons. The molecule has 0 amide bonds. The van der Waals surface area contributed by atoms with E-state index in [-0.39, 0.29) is 33.5 Å². The van der Waals surface area contributed by atoms with Gasteiger partial charge in [-0.3, -0.25) is 0 Å². The Morgan fingerprint density at radius 1 is 1.50 bits per heavy atom. The van der Waals surface area contributed by atoms with E-state index < -0.39 is 17.5 Å². The Hall–Kier alpha value is -2.85. The highest BCUT2D eigenvalue weighted by molar-refractivity contribution is 6.32. The normalized spacial score (nSPS) is 10.1. The Labute approximate surface area is 129 Å². The lowest BCUT2D eigenvalue weighted by atomic mass is 10.1. The van der Waals surface area contributed by atoms with Gasteiger partial charge in [-0.1, -0.05) is 17.5 Å². The van der Waals surface area contributed by atoms with Crippen LogP contribution in [0.3, 0.4) is 0 Å². The van der Waals surface area contributed by atoms with E-state index in [2.05, 4.69) is 15.9 Å². The van der Waals surface area contributed by atoms with E-state index in [0.717, 1.165) is 0 Å². The number of ether oxygens (including phenoxy) is 1. The molecule has 1 aromatic carbocycles. The fraction of sp³-hybridized carbons (Fsp3) is 0.0714. The van der Waals surface area contributed by atoms with Gasteiger partial charge < -0.3 is 15.6 Å². The number of aromatic nitrogens is 2. The van der Waals surface area contributed by atoms with Crippen molar-refractivity contribution in [2.24, 2.45) is 0 Å². The average Bonchev–Trinajstić information content (AvgIpc) is 2.46. The minimum atomic E-state index is -1.40. The first kappa shape index (κ1) is 15.5. The fourth-order valence-corrected chi connectivity index (χ4v) is 2.01. The second-order valence-corrected chi connectivity index (χ2v) is 4.45. The molecular formula is C14H9ClFN3O3. The minimum absolute atomic E-state index is 0.0513. The number of terminal acetylenes is 1. The van der Waals surface area contributed by atoms with E-state index in [1.54, 1.807) is 0 Å². The molecule has 0 aliphatic carbocycles. The number of hydrogen-bond donors (Lipinski definition) is 2. The van der Waals surface area contributed by atoms with Gasteiger partial charge >= 0.3 is 5.97 Å². The molecule has 0 unspecified atom stereocenters. The summed E-state index contributed by atoms with van der Waals surface area (Å²) in [5, 5.41) is 9.18. The maximum Gasteiger partial charge on any atom is 0.356 e. The molecule has 2 rings (SSSR count). The first-order valence-electron chi connectivity index (χ1n) is 5.80. The molecule has 0 aliphatic rings. The summed E-state index contributed by atoms with van der Waals surface area (Å²) in [6.07, 6.45) is 5.19. The molecule has 0 spiro atoms. The lowest BCUT2D eigenvalue weighted by Crippen LogP contribution is -2.11. The topological polar surface area (TPSA) is 98.3 Å². The summed E-state index contributed by atoms with van der Waals surface area (Å²) in [5.74, 6) is -0.814. The monoisotopic (exact) mass is 321 g/mol. The molecule has 1 aromatic heterocycles. The van der Waals surface area contributed by atoms with Crippen LogP contribution in [0.25, 0.3) is 11.4 Å². The van der Waals surface area contributed by atoms with Crippen LogP contribution < -0.4 is 10.5 Å². The largest absolute Gasteiger partial charge is 0.492 e. The van der Waals surface area contributed by atoms with E-state index in [1.165, 1.54) is 19.2 Å². The molecule has 2 aromatic rings. The molecule has 3 N–H and O–H groups in total. The van der Waals surface area contributed by atoms with E-state index in [1.807, 2.05) is 0 Å². The van der Waals surface area contributed by atoms with E-state index in [9.17, 15) is 9.18 Å². The van der Waals surface area contributed by atoms with Crippen LogP contribution in [0.5, 0.6) is 5.75 Å². The zero-order valence-corrected chi connectivity index (χ0v) is 12.0. The van der Waals surface area contributed by atoms with Crippen LogP contribution >= 0.6 is 11.6 Å². The summed E-state index contributed by atoms with van der Waals surface area (Å²) in [6, 6.07) is 2.66. The van der Waals surface area contributed by atoms with Crippen molar-refractivity contribution in [1.29, 1.82) is 0 Å². The number of nitrogens with zero attached hydrogens (tertiary/aromatic N) is 2. The van der Waals surface area contributed by atoms with Gasteiger partial charge in [0.2, 0.25) is 0 Å². The van der Waals surface area contributed by atoms with Crippen molar-refractivity contribution in [2.45, 2.75) is 0 Å².